The van der Waals surface area contributed by atoms with Crippen LogP contribution in [0.15, 0.2) is 84.9 Å². The largest absolute Gasteiger partial charge is 0.399 e. The van der Waals surface area contributed by atoms with Crippen molar-refractivity contribution in [3.8, 4) is 0 Å². The van der Waals surface area contributed by atoms with E-state index < -0.39 is 0 Å². The van der Waals surface area contributed by atoms with Crippen LogP contribution in [0.3, 0.4) is 0 Å². The molecule has 1 aliphatic carbocycles. The monoisotopic (exact) mass is 482 g/mol. The zero-order valence-corrected chi connectivity index (χ0v) is 20.4. The van der Waals surface area contributed by atoms with Crippen LogP contribution in [0, 0.1) is 11.6 Å². The number of anilines is 2. The summed E-state index contributed by atoms with van der Waals surface area (Å²) in [7, 11) is 0. The molecule has 0 aromatic heterocycles. The van der Waals surface area contributed by atoms with E-state index in [1.54, 1.807) is 12.1 Å². The Morgan fingerprint density at radius 3 is 1.36 bits per heavy atom. The van der Waals surface area contributed by atoms with E-state index in [0.29, 0.717) is 35.3 Å². The van der Waals surface area contributed by atoms with Crippen LogP contribution < -0.4 is 11.5 Å². The lowest BCUT2D eigenvalue weighted by molar-refractivity contribution is 0.343. The van der Waals surface area contributed by atoms with Crippen molar-refractivity contribution in [2.75, 3.05) is 11.5 Å². The standard InChI is InChI=1S/C32H32F2N2/c33-30-20-26(10-8-24(30)18-22-4-12-28(35)13-5-22)32(16-2-1-3-17-32)27-11-9-25(31(34)21-27)19-23-6-14-29(36)15-7-23/h4-15,20-21H,1-3,16-19,35-36H2. The highest BCUT2D eigenvalue weighted by molar-refractivity contribution is 5.46. The molecule has 1 aliphatic rings. The van der Waals surface area contributed by atoms with Gasteiger partial charge in [0.1, 0.15) is 11.6 Å². The molecule has 0 heterocycles. The van der Waals surface area contributed by atoms with E-state index in [1.165, 1.54) is 0 Å². The van der Waals surface area contributed by atoms with Gasteiger partial charge in [-0.15, -0.1) is 0 Å². The Morgan fingerprint density at radius 2 is 0.972 bits per heavy atom. The minimum Gasteiger partial charge on any atom is -0.399 e. The maximum Gasteiger partial charge on any atom is 0.127 e. The highest BCUT2D eigenvalue weighted by atomic mass is 19.1. The normalized spacial score (nSPS) is 15.1. The van der Waals surface area contributed by atoms with Crippen LogP contribution in [0.2, 0.25) is 0 Å². The van der Waals surface area contributed by atoms with Gasteiger partial charge in [-0.3, -0.25) is 0 Å². The van der Waals surface area contributed by atoms with E-state index in [-0.39, 0.29) is 17.0 Å². The molecule has 4 aromatic rings. The van der Waals surface area contributed by atoms with E-state index >= 15 is 8.78 Å². The van der Waals surface area contributed by atoms with E-state index in [2.05, 4.69) is 0 Å². The molecule has 0 radical (unpaired) electrons. The zero-order chi connectivity index (χ0) is 25.1. The summed E-state index contributed by atoms with van der Waals surface area (Å²) in [6, 6.07) is 26.3. The molecule has 1 fully saturated rings. The number of halogens is 2. The molecule has 4 N–H and O–H groups in total. The number of benzene rings is 4. The lowest BCUT2D eigenvalue weighted by Crippen LogP contribution is -2.31. The molecule has 0 amide bonds. The van der Waals surface area contributed by atoms with Crippen molar-refractivity contribution in [1.29, 1.82) is 0 Å². The molecule has 0 unspecified atom stereocenters. The molecule has 0 aliphatic heterocycles. The molecule has 36 heavy (non-hydrogen) atoms. The minimum atomic E-state index is -0.376. The highest BCUT2D eigenvalue weighted by Crippen LogP contribution is 2.45. The van der Waals surface area contributed by atoms with Crippen LogP contribution in [0.4, 0.5) is 20.2 Å². The van der Waals surface area contributed by atoms with Crippen molar-refractivity contribution in [1.82, 2.24) is 0 Å². The summed E-state index contributed by atoms with van der Waals surface area (Å²) in [5.41, 5.74) is 17.8. The lowest BCUT2D eigenvalue weighted by atomic mass is 9.65. The molecular formula is C32H32F2N2. The summed E-state index contributed by atoms with van der Waals surface area (Å²) in [6.07, 6.45) is 6.03. The SMILES string of the molecule is Nc1ccc(Cc2ccc(C3(c4ccc(Cc5ccc(N)cc5)c(F)c4)CCCCC3)cc2F)cc1. The van der Waals surface area contributed by atoms with Gasteiger partial charge in [-0.05, 0) is 82.6 Å². The first-order chi connectivity index (χ1) is 17.4. The molecule has 0 spiro atoms. The number of hydrogen-bond acceptors (Lipinski definition) is 2. The predicted octanol–water partition coefficient (Wildman–Crippen LogP) is 7.56. The maximum atomic E-state index is 15.4. The van der Waals surface area contributed by atoms with Crippen LogP contribution in [0.5, 0.6) is 0 Å². The third-order valence-corrected chi connectivity index (χ3v) is 7.67. The molecule has 0 atom stereocenters. The van der Waals surface area contributed by atoms with Gasteiger partial charge < -0.3 is 11.5 Å². The fraction of sp³-hybridized carbons (Fsp3) is 0.250. The molecule has 4 heteroatoms. The fourth-order valence-corrected chi connectivity index (χ4v) is 5.59. The molecule has 1 saturated carbocycles. The van der Waals surface area contributed by atoms with Crippen molar-refractivity contribution in [2.24, 2.45) is 0 Å². The number of hydrogen-bond donors (Lipinski definition) is 2. The van der Waals surface area contributed by atoms with Crippen LogP contribution in [-0.4, -0.2) is 0 Å². The van der Waals surface area contributed by atoms with Gasteiger partial charge in [-0.2, -0.15) is 0 Å². The highest BCUT2D eigenvalue weighted by Gasteiger charge is 2.36. The van der Waals surface area contributed by atoms with Crippen LogP contribution in [0.1, 0.15) is 65.5 Å². The fourth-order valence-electron chi connectivity index (χ4n) is 5.59. The summed E-state index contributed by atoms with van der Waals surface area (Å²) in [5.74, 6) is -0.426. The first-order valence-corrected chi connectivity index (χ1v) is 12.7. The second kappa shape index (κ2) is 10.1. The van der Waals surface area contributed by atoms with Gasteiger partial charge in [0.15, 0.2) is 0 Å². The Balaban J connectivity index is 1.45. The summed E-state index contributed by atoms with van der Waals surface area (Å²) >= 11 is 0. The molecule has 0 bridgehead atoms. The average molecular weight is 483 g/mol. The van der Waals surface area contributed by atoms with E-state index in [9.17, 15) is 0 Å². The van der Waals surface area contributed by atoms with Gasteiger partial charge in [-0.25, -0.2) is 8.78 Å². The van der Waals surface area contributed by atoms with Gasteiger partial charge in [-0.1, -0.05) is 67.8 Å². The van der Waals surface area contributed by atoms with Crippen LogP contribution >= 0.6 is 0 Å². The van der Waals surface area contributed by atoms with Crippen LogP contribution in [-0.2, 0) is 18.3 Å². The van der Waals surface area contributed by atoms with Crippen molar-refractivity contribution in [3.63, 3.8) is 0 Å². The molecule has 184 valence electrons. The zero-order valence-electron chi connectivity index (χ0n) is 20.4. The smallest absolute Gasteiger partial charge is 0.127 e. The Bertz CT molecular complexity index is 1240. The van der Waals surface area contributed by atoms with Gasteiger partial charge in [0, 0.05) is 29.6 Å². The van der Waals surface area contributed by atoms with Crippen molar-refractivity contribution in [3.05, 3.63) is 130 Å². The van der Waals surface area contributed by atoms with Gasteiger partial charge in [0.05, 0.1) is 0 Å². The number of rotatable bonds is 6. The Morgan fingerprint density at radius 1 is 0.556 bits per heavy atom. The molecule has 4 aromatic carbocycles. The molecule has 0 saturated heterocycles. The summed E-state index contributed by atoms with van der Waals surface area (Å²) in [6.45, 7) is 0. The van der Waals surface area contributed by atoms with E-state index in [1.807, 2.05) is 72.8 Å². The first-order valence-electron chi connectivity index (χ1n) is 12.7. The quantitative estimate of drug-likeness (QED) is 0.279. The third kappa shape index (κ3) is 4.99. The third-order valence-electron chi connectivity index (χ3n) is 7.67. The Labute approximate surface area is 212 Å². The summed E-state index contributed by atoms with van der Waals surface area (Å²) in [5, 5.41) is 0. The Hall–Kier alpha value is -3.66. The maximum absolute atomic E-state index is 15.4. The second-order valence-corrected chi connectivity index (χ2v) is 10.1. The molecule has 5 rings (SSSR count). The van der Waals surface area contributed by atoms with Crippen molar-refractivity contribution in [2.45, 2.75) is 50.4 Å². The van der Waals surface area contributed by atoms with E-state index in [4.69, 9.17) is 11.5 Å². The Kier molecular flexibility index (Phi) is 6.77. The summed E-state index contributed by atoms with van der Waals surface area (Å²) in [4.78, 5) is 0. The van der Waals surface area contributed by atoms with Gasteiger partial charge in [0.25, 0.3) is 0 Å². The number of nitrogens with two attached hydrogens (primary N) is 2. The number of nitrogen functional groups attached to an aromatic ring is 2. The molecular weight excluding hydrogens is 450 g/mol. The first kappa shape index (κ1) is 24.1. The van der Waals surface area contributed by atoms with Crippen molar-refractivity contribution >= 4 is 11.4 Å². The predicted molar refractivity (Wildman–Crippen MR) is 144 cm³/mol. The van der Waals surface area contributed by atoms with Crippen molar-refractivity contribution < 1.29 is 8.78 Å². The van der Waals surface area contributed by atoms with Gasteiger partial charge >= 0.3 is 0 Å². The molecule has 2 nitrogen and oxygen atoms in total. The summed E-state index contributed by atoms with van der Waals surface area (Å²) < 4.78 is 30.7. The topological polar surface area (TPSA) is 52.0 Å². The van der Waals surface area contributed by atoms with Crippen LogP contribution in [0.25, 0.3) is 0 Å². The van der Waals surface area contributed by atoms with E-state index in [0.717, 1.165) is 54.4 Å². The second-order valence-electron chi connectivity index (χ2n) is 10.1. The average Bonchev–Trinajstić information content (AvgIpc) is 2.89. The minimum absolute atomic E-state index is 0.213. The van der Waals surface area contributed by atoms with Gasteiger partial charge in [0.2, 0.25) is 0 Å². The lowest BCUT2D eigenvalue weighted by Gasteiger charge is -2.39.